The van der Waals surface area contributed by atoms with Crippen LogP contribution >= 0.6 is 0 Å². The maximum Gasteiger partial charge on any atom is 0.404 e. The number of para-hydroxylation sites is 1. The van der Waals surface area contributed by atoms with Crippen molar-refractivity contribution in [2.75, 3.05) is 13.4 Å². The molecule has 10 heteroatoms. The van der Waals surface area contributed by atoms with Crippen LogP contribution in [0.2, 0.25) is 0 Å². The van der Waals surface area contributed by atoms with Gasteiger partial charge >= 0.3 is 6.18 Å². The van der Waals surface area contributed by atoms with Crippen LogP contribution in [0, 0.1) is 5.82 Å². The number of nitrogens with one attached hydrogen (secondary N) is 1. The zero-order valence-corrected chi connectivity index (χ0v) is 20.0. The third-order valence-corrected chi connectivity index (χ3v) is 6.95. The molecule has 1 N–H and O–H groups in total. The van der Waals surface area contributed by atoms with Gasteiger partial charge in [0.25, 0.3) is 0 Å². The maximum absolute atomic E-state index is 14.2. The molecule has 0 aromatic heterocycles. The number of rotatable bonds is 9. The highest BCUT2D eigenvalue weighted by atomic mass is 32.2. The second kappa shape index (κ2) is 10.0. The predicted molar refractivity (Wildman–Crippen MR) is 124 cm³/mol. The van der Waals surface area contributed by atoms with Crippen LogP contribution in [-0.4, -0.2) is 40.2 Å². The Labute approximate surface area is 197 Å². The third kappa shape index (κ3) is 5.96. The summed E-state index contributed by atoms with van der Waals surface area (Å²) in [5, 5.41) is 0. The van der Waals surface area contributed by atoms with E-state index < -0.39 is 33.5 Å². The van der Waals surface area contributed by atoms with Gasteiger partial charge in [0.1, 0.15) is 17.6 Å². The minimum Gasteiger partial charge on any atom is -0.496 e. The lowest BCUT2D eigenvalue weighted by Gasteiger charge is -2.39. The van der Waals surface area contributed by atoms with Gasteiger partial charge in [-0.05, 0) is 49.6 Å². The first-order valence-electron chi connectivity index (χ1n) is 10.9. The summed E-state index contributed by atoms with van der Waals surface area (Å²) in [5.74, 6) is -0.138. The maximum atomic E-state index is 14.2. The van der Waals surface area contributed by atoms with Gasteiger partial charge in [0.2, 0.25) is 10.0 Å². The van der Waals surface area contributed by atoms with E-state index in [-0.39, 0.29) is 18.8 Å². The molecule has 0 saturated carbocycles. The largest absolute Gasteiger partial charge is 0.496 e. The van der Waals surface area contributed by atoms with Gasteiger partial charge in [-0.25, -0.2) is 17.5 Å². The molecule has 0 spiro atoms. The van der Waals surface area contributed by atoms with Crippen molar-refractivity contribution in [1.82, 2.24) is 4.72 Å². The van der Waals surface area contributed by atoms with E-state index in [2.05, 4.69) is 4.99 Å². The van der Waals surface area contributed by atoms with Crippen LogP contribution in [0.5, 0.6) is 5.75 Å². The number of aliphatic imine (C=N–C) groups is 1. The highest BCUT2D eigenvalue weighted by Gasteiger charge is 2.42. The first kappa shape index (κ1) is 26.2. The van der Waals surface area contributed by atoms with E-state index >= 15 is 0 Å². The monoisotopic (exact) mass is 500 g/mol. The van der Waals surface area contributed by atoms with Gasteiger partial charge in [0.15, 0.2) is 0 Å². The van der Waals surface area contributed by atoms with Crippen LogP contribution in [0.4, 0.5) is 23.2 Å². The van der Waals surface area contributed by atoms with Gasteiger partial charge in [-0.1, -0.05) is 31.0 Å². The van der Waals surface area contributed by atoms with Crippen molar-refractivity contribution in [3.63, 3.8) is 0 Å². The summed E-state index contributed by atoms with van der Waals surface area (Å²) in [6, 6.07) is 9.61. The molecule has 0 aliphatic carbocycles. The van der Waals surface area contributed by atoms with Crippen LogP contribution in [0.3, 0.4) is 0 Å². The average Bonchev–Trinajstić information content (AvgIpc) is 2.75. The fourth-order valence-corrected chi connectivity index (χ4v) is 5.34. The number of sulfonamides is 1. The molecule has 3 atom stereocenters. The fraction of sp³-hybridized carbons (Fsp3) is 0.458. The smallest absolute Gasteiger partial charge is 0.404 e. The number of nitrogens with zero attached hydrogens (tertiary/aromatic N) is 1. The second-order valence-electron chi connectivity index (χ2n) is 8.77. The number of hydrogen-bond donors (Lipinski definition) is 1. The average molecular weight is 501 g/mol. The van der Waals surface area contributed by atoms with Crippen molar-refractivity contribution < 1.29 is 30.7 Å². The van der Waals surface area contributed by atoms with Crippen molar-refractivity contribution in [3.8, 4) is 5.75 Å². The molecule has 1 aliphatic rings. The third-order valence-electron chi connectivity index (χ3n) is 6.24. The van der Waals surface area contributed by atoms with Crippen molar-refractivity contribution in [1.29, 1.82) is 0 Å². The number of halogens is 4. The summed E-state index contributed by atoms with van der Waals surface area (Å²) in [6.07, 6.45) is -1.56. The van der Waals surface area contributed by atoms with Gasteiger partial charge in [0, 0.05) is 23.1 Å². The normalized spacial score (nSPS) is 21.2. The van der Waals surface area contributed by atoms with Crippen LogP contribution in [0.25, 0.3) is 0 Å². The summed E-state index contributed by atoms with van der Waals surface area (Å²) < 4.78 is 84.0. The number of unbranched alkanes of at least 4 members (excludes halogenated alkanes) is 1. The van der Waals surface area contributed by atoms with E-state index in [4.69, 9.17) is 4.74 Å². The Balaban J connectivity index is 1.86. The number of benzene rings is 2. The van der Waals surface area contributed by atoms with E-state index in [0.717, 1.165) is 11.3 Å². The standard InChI is InChI=1S/C24H28F4N2O3S/c1-23(19-14-16(25)12-13-21(19)33-2)15-29-20-10-6-4-8-17(20)18(23)9-5-7-11-22(24(26,27)28)30-34(3,31)32/h4,6,8,10,12-15,18,22,30H,5,7,9,11H2,1-3H3. The van der Waals surface area contributed by atoms with Gasteiger partial charge in [0.05, 0.1) is 19.1 Å². The van der Waals surface area contributed by atoms with Gasteiger partial charge < -0.3 is 4.74 Å². The second-order valence-corrected chi connectivity index (χ2v) is 10.5. The van der Waals surface area contributed by atoms with Crippen molar-refractivity contribution in [2.24, 2.45) is 4.99 Å². The summed E-state index contributed by atoms with van der Waals surface area (Å²) in [5.41, 5.74) is 1.51. The Kier molecular flexibility index (Phi) is 7.72. The zero-order valence-electron chi connectivity index (χ0n) is 19.2. The molecule has 186 valence electrons. The molecule has 2 aromatic carbocycles. The zero-order chi connectivity index (χ0) is 25.1. The minimum atomic E-state index is -4.68. The summed E-state index contributed by atoms with van der Waals surface area (Å²) in [6.45, 7) is 1.91. The lowest BCUT2D eigenvalue weighted by atomic mass is 9.66. The molecule has 3 rings (SSSR count). The van der Waals surface area contributed by atoms with E-state index in [1.165, 1.54) is 19.2 Å². The van der Waals surface area contributed by atoms with Crippen molar-refractivity contribution in [2.45, 2.75) is 56.2 Å². The number of alkyl halides is 3. The lowest BCUT2D eigenvalue weighted by Crippen LogP contribution is -2.44. The van der Waals surface area contributed by atoms with Gasteiger partial charge in [-0.15, -0.1) is 0 Å². The first-order valence-corrected chi connectivity index (χ1v) is 12.8. The first-order chi connectivity index (χ1) is 15.8. The molecule has 5 nitrogen and oxygen atoms in total. The Hall–Kier alpha value is -2.46. The Morgan fingerprint density at radius 3 is 2.53 bits per heavy atom. The quantitative estimate of drug-likeness (QED) is 0.358. The number of fused-ring (bicyclic) bond motifs is 1. The molecule has 0 radical (unpaired) electrons. The SMILES string of the molecule is COc1ccc(F)cc1C1(C)C=Nc2ccccc2C1CCCCC(NS(C)(=O)=O)C(F)(F)F. The Bertz CT molecular complexity index is 1150. The highest BCUT2D eigenvalue weighted by molar-refractivity contribution is 7.88. The topological polar surface area (TPSA) is 67.8 Å². The molecule has 0 amide bonds. The molecule has 1 aliphatic heterocycles. The molecule has 34 heavy (non-hydrogen) atoms. The molecule has 0 bridgehead atoms. The van der Waals surface area contributed by atoms with Crippen LogP contribution in [0.15, 0.2) is 47.5 Å². The Morgan fingerprint density at radius 1 is 1.18 bits per heavy atom. The Morgan fingerprint density at radius 2 is 1.88 bits per heavy atom. The molecule has 0 saturated heterocycles. The van der Waals surface area contributed by atoms with E-state index in [1.54, 1.807) is 17.0 Å². The summed E-state index contributed by atoms with van der Waals surface area (Å²) >= 11 is 0. The summed E-state index contributed by atoms with van der Waals surface area (Å²) in [4.78, 5) is 4.58. The molecular formula is C24H28F4N2O3S. The van der Waals surface area contributed by atoms with Crippen molar-refractivity contribution >= 4 is 21.9 Å². The lowest BCUT2D eigenvalue weighted by molar-refractivity contribution is -0.152. The minimum absolute atomic E-state index is 0.152. The fourth-order valence-electron chi connectivity index (χ4n) is 4.57. The van der Waals surface area contributed by atoms with Crippen LogP contribution in [-0.2, 0) is 15.4 Å². The predicted octanol–water partition coefficient (Wildman–Crippen LogP) is 5.63. The van der Waals surface area contributed by atoms with Crippen LogP contribution in [0.1, 0.15) is 49.7 Å². The molecule has 2 aromatic rings. The number of methoxy groups -OCH3 is 1. The van der Waals surface area contributed by atoms with Gasteiger partial charge in [-0.3, -0.25) is 4.99 Å². The van der Waals surface area contributed by atoms with E-state index in [0.29, 0.717) is 30.4 Å². The molecule has 0 fully saturated rings. The highest BCUT2D eigenvalue weighted by Crippen LogP contribution is 2.49. The molecule has 3 unspecified atom stereocenters. The van der Waals surface area contributed by atoms with Crippen molar-refractivity contribution in [3.05, 3.63) is 59.4 Å². The van der Waals surface area contributed by atoms with E-state index in [9.17, 15) is 26.0 Å². The van der Waals surface area contributed by atoms with Crippen LogP contribution < -0.4 is 9.46 Å². The molecular weight excluding hydrogens is 472 g/mol. The molecule has 1 heterocycles. The number of hydrogen-bond acceptors (Lipinski definition) is 4. The van der Waals surface area contributed by atoms with E-state index in [1.807, 2.05) is 31.2 Å². The number of ether oxygens (including phenoxy) is 1. The van der Waals surface area contributed by atoms with Gasteiger partial charge in [-0.2, -0.15) is 13.2 Å². The summed E-state index contributed by atoms with van der Waals surface area (Å²) in [7, 11) is -2.51.